The third-order valence-electron chi connectivity index (χ3n) is 4.56. The summed E-state index contributed by atoms with van der Waals surface area (Å²) in [7, 11) is 1.63. The number of aromatic nitrogens is 1. The number of methoxy groups -OCH3 is 1. The number of aryl methyl sites for hydroxylation is 1. The Kier molecular flexibility index (Phi) is 5.99. The average molecular weight is 360 g/mol. The number of piperidine rings is 1. The van der Waals surface area contributed by atoms with E-state index in [1.807, 2.05) is 29.2 Å². The molecule has 1 amide bonds. The van der Waals surface area contributed by atoms with Crippen molar-refractivity contribution in [2.75, 3.05) is 26.8 Å². The van der Waals surface area contributed by atoms with Crippen LogP contribution >= 0.6 is 0 Å². The second-order valence-corrected chi connectivity index (χ2v) is 6.52. The predicted molar refractivity (Wildman–Crippen MR) is 95.4 cm³/mol. The second kappa shape index (κ2) is 8.60. The average Bonchev–Trinajstić information content (AvgIpc) is 3.10. The van der Waals surface area contributed by atoms with Gasteiger partial charge in [-0.1, -0.05) is 6.07 Å². The highest BCUT2D eigenvalue weighted by atomic mass is 16.5. The molecule has 7 heteroatoms. The van der Waals surface area contributed by atoms with E-state index in [1.165, 1.54) is 6.07 Å². The lowest BCUT2D eigenvalue weighted by Crippen LogP contribution is -2.41. The molecule has 0 aliphatic carbocycles. The molecule has 2 aromatic rings. The van der Waals surface area contributed by atoms with Crippen molar-refractivity contribution in [3.05, 3.63) is 46.4 Å². The smallest absolute Gasteiger partial charge is 0.280 e. The lowest BCUT2D eigenvalue weighted by molar-refractivity contribution is -0.133. The van der Waals surface area contributed by atoms with Gasteiger partial charge in [-0.3, -0.25) is 9.59 Å². The van der Waals surface area contributed by atoms with Gasteiger partial charge in [0.25, 0.3) is 5.56 Å². The summed E-state index contributed by atoms with van der Waals surface area (Å²) in [5.41, 5.74) is -0.278. The van der Waals surface area contributed by atoms with Gasteiger partial charge in [0.05, 0.1) is 13.7 Å². The molecule has 0 bridgehead atoms. The molecule has 140 valence electrons. The number of likely N-dealkylation sites (tertiary alicyclic amines) is 1. The zero-order valence-electron chi connectivity index (χ0n) is 14.9. The number of carbonyl (C=O) groups is 1. The Balaban J connectivity index is 1.47. The molecule has 1 saturated heterocycles. The molecule has 0 saturated carbocycles. The van der Waals surface area contributed by atoms with Crippen LogP contribution in [0.3, 0.4) is 0 Å². The molecule has 1 aliphatic heterocycles. The zero-order chi connectivity index (χ0) is 18.4. The van der Waals surface area contributed by atoms with Crippen molar-refractivity contribution < 1.29 is 18.8 Å². The first-order chi connectivity index (χ1) is 12.6. The molecule has 1 N–H and O–H groups in total. The minimum absolute atomic E-state index is 0.0833. The molecule has 0 radical (unpaired) electrons. The number of hydrogen-bond acceptors (Lipinski definition) is 5. The van der Waals surface area contributed by atoms with E-state index in [2.05, 4.69) is 5.16 Å². The number of benzene rings is 1. The molecule has 1 atom stereocenters. The molecule has 0 unspecified atom stereocenters. The van der Waals surface area contributed by atoms with Gasteiger partial charge in [-0.25, -0.2) is 0 Å². The summed E-state index contributed by atoms with van der Waals surface area (Å²) in [5, 5.41) is 2.24. The Morgan fingerprint density at radius 3 is 2.96 bits per heavy atom. The summed E-state index contributed by atoms with van der Waals surface area (Å²) >= 11 is 0. The van der Waals surface area contributed by atoms with Gasteiger partial charge in [0.15, 0.2) is 0 Å². The monoisotopic (exact) mass is 360 g/mol. The van der Waals surface area contributed by atoms with Crippen molar-refractivity contribution in [1.82, 2.24) is 10.1 Å². The topological polar surface area (TPSA) is 84.8 Å². The Morgan fingerprint density at radius 1 is 1.35 bits per heavy atom. The highest BCUT2D eigenvalue weighted by Gasteiger charge is 2.24. The number of rotatable bonds is 7. The van der Waals surface area contributed by atoms with Crippen LogP contribution in [0.15, 0.2) is 39.6 Å². The number of carbonyl (C=O) groups excluding carboxylic acids is 1. The largest absolute Gasteiger partial charge is 0.497 e. The van der Waals surface area contributed by atoms with Crippen LogP contribution in [0, 0.1) is 5.92 Å². The molecular weight excluding hydrogens is 336 g/mol. The van der Waals surface area contributed by atoms with Crippen molar-refractivity contribution in [3.8, 4) is 11.5 Å². The van der Waals surface area contributed by atoms with Gasteiger partial charge in [0, 0.05) is 44.0 Å². The van der Waals surface area contributed by atoms with Crippen molar-refractivity contribution in [2.45, 2.75) is 25.7 Å². The number of H-pyrrole nitrogens is 1. The Labute approximate surface area is 151 Å². The minimum atomic E-state index is -0.278. The molecule has 26 heavy (non-hydrogen) atoms. The Bertz CT molecular complexity index is 782. The summed E-state index contributed by atoms with van der Waals surface area (Å²) in [4.78, 5) is 25.3. The van der Waals surface area contributed by atoms with Crippen LogP contribution in [0.4, 0.5) is 0 Å². The third-order valence-corrected chi connectivity index (χ3v) is 4.56. The van der Waals surface area contributed by atoms with E-state index in [0.29, 0.717) is 37.7 Å². The number of aromatic amines is 1. The van der Waals surface area contributed by atoms with Gasteiger partial charge in [-0.2, -0.15) is 5.16 Å². The van der Waals surface area contributed by atoms with Crippen LogP contribution in [0.2, 0.25) is 0 Å². The van der Waals surface area contributed by atoms with Crippen molar-refractivity contribution in [2.24, 2.45) is 5.92 Å². The van der Waals surface area contributed by atoms with Gasteiger partial charge in [0.1, 0.15) is 17.3 Å². The predicted octanol–water partition coefficient (Wildman–Crippen LogP) is 2.23. The number of amides is 1. The number of nitrogens with zero attached hydrogens (tertiary/aromatic N) is 1. The quantitative estimate of drug-likeness (QED) is 0.818. The summed E-state index contributed by atoms with van der Waals surface area (Å²) in [6.45, 7) is 2.04. The van der Waals surface area contributed by atoms with Gasteiger partial charge < -0.3 is 18.9 Å². The SMILES string of the molecule is COc1cccc(OC[C@H]2CCCN(C(=O)CCc3cc(=O)[nH]o3)C2)c1. The fourth-order valence-corrected chi connectivity index (χ4v) is 3.17. The summed E-state index contributed by atoms with van der Waals surface area (Å²) in [6, 6.07) is 8.91. The van der Waals surface area contributed by atoms with E-state index in [-0.39, 0.29) is 11.5 Å². The van der Waals surface area contributed by atoms with E-state index in [1.54, 1.807) is 7.11 Å². The van der Waals surface area contributed by atoms with Crippen LogP contribution in [0.25, 0.3) is 0 Å². The number of ether oxygens (including phenoxy) is 2. The fourth-order valence-electron chi connectivity index (χ4n) is 3.17. The maximum atomic E-state index is 12.4. The molecule has 2 heterocycles. The van der Waals surface area contributed by atoms with Crippen molar-refractivity contribution >= 4 is 5.91 Å². The number of nitrogens with one attached hydrogen (secondary N) is 1. The van der Waals surface area contributed by atoms with Gasteiger partial charge in [-0.15, -0.1) is 0 Å². The van der Waals surface area contributed by atoms with E-state index in [4.69, 9.17) is 14.0 Å². The lowest BCUT2D eigenvalue weighted by Gasteiger charge is -2.32. The maximum Gasteiger partial charge on any atom is 0.280 e. The molecule has 1 aromatic heterocycles. The maximum absolute atomic E-state index is 12.4. The summed E-state index contributed by atoms with van der Waals surface area (Å²) in [5.74, 6) is 2.44. The minimum Gasteiger partial charge on any atom is -0.497 e. The van der Waals surface area contributed by atoms with E-state index < -0.39 is 0 Å². The molecule has 0 spiro atoms. The third kappa shape index (κ3) is 4.91. The Morgan fingerprint density at radius 2 is 2.19 bits per heavy atom. The molecule has 7 nitrogen and oxygen atoms in total. The number of hydrogen-bond donors (Lipinski definition) is 1. The highest BCUT2D eigenvalue weighted by Crippen LogP contribution is 2.22. The standard InChI is InChI=1S/C19H24N2O5/c1-24-15-5-2-6-16(10-15)25-13-14-4-3-9-21(12-14)19(23)8-7-17-11-18(22)20-26-17/h2,5-6,10-11,14H,3-4,7-9,12-13H2,1H3,(H,20,22)/t14-/m0/s1. The zero-order valence-corrected chi connectivity index (χ0v) is 14.9. The van der Waals surface area contributed by atoms with Crippen molar-refractivity contribution in [1.29, 1.82) is 0 Å². The van der Waals surface area contributed by atoms with Crippen LogP contribution in [0.5, 0.6) is 11.5 Å². The van der Waals surface area contributed by atoms with Gasteiger partial charge in [-0.05, 0) is 25.0 Å². The summed E-state index contributed by atoms with van der Waals surface area (Å²) < 4.78 is 16.1. The molecular formula is C19H24N2O5. The van der Waals surface area contributed by atoms with E-state index in [0.717, 1.165) is 30.9 Å². The van der Waals surface area contributed by atoms with E-state index >= 15 is 0 Å². The van der Waals surface area contributed by atoms with Crippen molar-refractivity contribution in [3.63, 3.8) is 0 Å². The van der Waals surface area contributed by atoms with Crippen LogP contribution in [-0.4, -0.2) is 42.8 Å². The molecule has 1 fully saturated rings. The van der Waals surface area contributed by atoms with Gasteiger partial charge >= 0.3 is 0 Å². The Hall–Kier alpha value is -2.70. The van der Waals surface area contributed by atoms with Crippen LogP contribution in [0.1, 0.15) is 25.0 Å². The second-order valence-electron chi connectivity index (χ2n) is 6.52. The van der Waals surface area contributed by atoms with Crippen LogP contribution in [-0.2, 0) is 11.2 Å². The first-order valence-corrected chi connectivity index (χ1v) is 8.86. The van der Waals surface area contributed by atoms with Crippen LogP contribution < -0.4 is 15.0 Å². The molecule has 1 aromatic carbocycles. The fraction of sp³-hybridized carbons (Fsp3) is 0.474. The normalized spacial score (nSPS) is 17.1. The first kappa shape index (κ1) is 18.1. The molecule has 1 aliphatic rings. The lowest BCUT2D eigenvalue weighted by atomic mass is 9.98. The molecule has 3 rings (SSSR count). The first-order valence-electron chi connectivity index (χ1n) is 8.86. The summed E-state index contributed by atoms with van der Waals surface area (Å²) in [6.07, 6.45) is 2.78. The van der Waals surface area contributed by atoms with Gasteiger partial charge in [0.2, 0.25) is 5.91 Å². The van der Waals surface area contributed by atoms with E-state index in [9.17, 15) is 9.59 Å². The highest BCUT2D eigenvalue weighted by molar-refractivity contribution is 5.76.